The minimum atomic E-state index is -1.61. The number of likely N-dealkylation sites (tertiary alicyclic amines) is 2. The van der Waals surface area contributed by atoms with Crippen molar-refractivity contribution in [3.05, 3.63) is 0 Å². The molecule has 0 aromatic heterocycles. The summed E-state index contributed by atoms with van der Waals surface area (Å²) in [6.45, 7) is 7.11. The number of nitrogens with zero attached hydrogens (tertiary/aromatic N) is 4. The van der Waals surface area contributed by atoms with Gasteiger partial charge in [0, 0.05) is 19.5 Å². The second-order valence-corrected chi connectivity index (χ2v) is 8.68. The number of carbonyl (C=O) groups is 2. The van der Waals surface area contributed by atoms with Crippen molar-refractivity contribution in [2.75, 3.05) is 52.5 Å². The number of piperidine rings is 2. The number of nitriles is 2. The van der Waals surface area contributed by atoms with E-state index in [1.807, 2.05) is 0 Å². The van der Waals surface area contributed by atoms with Crippen LogP contribution in [0.4, 0.5) is 0 Å². The molecule has 0 bridgehead atoms. The standard InChI is InChI=1S/C23H36N4O4/c1-3-30-20(28)22(16-24,18-26-11-7-5-8-12-26)15-23(17-25,21(29)31-4-2)19-27-13-9-6-10-14-27/h3-15,18-19H2,1-2H3. The van der Waals surface area contributed by atoms with E-state index in [0.717, 1.165) is 64.7 Å². The zero-order valence-corrected chi connectivity index (χ0v) is 19.0. The molecule has 0 amide bonds. The highest BCUT2D eigenvalue weighted by atomic mass is 16.5. The third-order valence-corrected chi connectivity index (χ3v) is 6.25. The van der Waals surface area contributed by atoms with Gasteiger partial charge in [-0.05, 0) is 65.7 Å². The molecule has 0 N–H and O–H groups in total. The molecule has 0 spiro atoms. The molecule has 0 saturated carbocycles. The lowest BCUT2D eigenvalue weighted by Crippen LogP contribution is -2.53. The van der Waals surface area contributed by atoms with E-state index in [9.17, 15) is 20.1 Å². The summed E-state index contributed by atoms with van der Waals surface area (Å²) in [5.41, 5.74) is -3.21. The molecule has 172 valence electrons. The van der Waals surface area contributed by atoms with Crippen molar-refractivity contribution in [1.82, 2.24) is 9.80 Å². The summed E-state index contributed by atoms with van der Waals surface area (Å²) in [4.78, 5) is 30.3. The zero-order valence-electron chi connectivity index (χ0n) is 19.0. The summed E-state index contributed by atoms with van der Waals surface area (Å²) < 4.78 is 10.6. The molecule has 8 heteroatoms. The van der Waals surface area contributed by atoms with Crippen LogP contribution in [0.25, 0.3) is 0 Å². The van der Waals surface area contributed by atoms with Gasteiger partial charge in [0.05, 0.1) is 25.4 Å². The molecule has 2 heterocycles. The Balaban J connectivity index is 2.40. The van der Waals surface area contributed by atoms with Crippen LogP contribution in [0.2, 0.25) is 0 Å². The van der Waals surface area contributed by atoms with E-state index in [4.69, 9.17) is 9.47 Å². The monoisotopic (exact) mass is 432 g/mol. The molecule has 0 aliphatic carbocycles. The molecule has 2 aliphatic heterocycles. The van der Waals surface area contributed by atoms with Crippen molar-refractivity contribution < 1.29 is 19.1 Å². The Morgan fingerprint density at radius 3 is 1.39 bits per heavy atom. The van der Waals surface area contributed by atoms with Gasteiger partial charge in [-0.3, -0.25) is 9.59 Å². The van der Waals surface area contributed by atoms with Crippen LogP contribution < -0.4 is 0 Å². The van der Waals surface area contributed by atoms with Crippen LogP contribution in [0.15, 0.2) is 0 Å². The molecule has 2 unspecified atom stereocenters. The van der Waals surface area contributed by atoms with Gasteiger partial charge >= 0.3 is 11.9 Å². The number of rotatable bonds is 10. The SMILES string of the molecule is CCOC(=O)C(C#N)(CN1CCCCC1)CC(C#N)(CN1CCCCC1)C(=O)OCC. The van der Waals surface area contributed by atoms with Crippen LogP contribution in [0.5, 0.6) is 0 Å². The van der Waals surface area contributed by atoms with E-state index in [1.165, 1.54) is 0 Å². The lowest BCUT2D eigenvalue weighted by atomic mass is 9.71. The summed E-state index contributed by atoms with van der Waals surface area (Å²) in [6, 6.07) is 4.36. The first-order valence-electron chi connectivity index (χ1n) is 11.6. The molecule has 0 aromatic rings. The zero-order chi connectivity index (χ0) is 22.7. The van der Waals surface area contributed by atoms with Crippen molar-refractivity contribution in [3.63, 3.8) is 0 Å². The Kier molecular flexibility index (Phi) is 9.74. The maximum Gasteiger partial charge on any atom is 0.327 e. The Morgan fingerprint density at radius 2 is 1.10 bits per heavy atom. The molecular weight excluding hydrogens is 396 g/mol. The molecule has 31 heavy (non-hydrogen) atoms. The largest absolute Gasteiger partial charge is 0.465 e. The Morgan fingerprint density at radius 1 is 0.742 bits per heavy atom. The van der Waals surface area contributed by atoms with Gasteiger partial charge in [0.15, 0.2) is 10.8 Å². The molecule has 8 nitrogen and oxygen atoms in total. The van der Waals surface area contributed by atoms with Crippen molar-refractivity contribution in [2.24, 2.45) is 10.8 Å². The number of hydrogen-bond acceptors (Lipinski definition) is 8. The van der Waals surface area contributed by atoms with E-state index < -0.39 is 22.8 Å². The number of hydrogen-bond donors (Lipinski definition) is 0. The Bertz CT molecular complexity index is 631. The first kappa shape index (κ1) is 25.1. The smallest absolute Gasteiger partial charge is 0.327 e. The molecule has 0 radical (unpaired) electrons. The number of esters is 2. The van der Waals surface area contributed by atoms with Gasteiger partial charge in [-0.2, -0.15) is 10.5 Å². The van der Waals surface area contributed by atoms with Gasteiger partial charge in [0.1, 0.15) is 0 Å². The molecule has 2 atom stereocenters. The van der Waals surface area contributed by atoms with Crippen molar-refractivity contribution in [3.8, 4) is 12.1 Å². The molecule has 2 fully saturated rings. The van der Waals surface area contributed by atoms with Crippen molar-refractivity contribution in [1.29, 1.82) is 10.5 Å². The lowest BCUT2D eigenvalue weighted by Gasteiger charge is -2.39. The fraction of sp³-hybridized carbons (Fsp3) is 0.826. The highest BCUT2D eigenvalue weighted by Gasteiger charge is 2.54. The van der Waals surface area contributed by atoms with E-state index in [-0.39, 0.29) is 32.7 Å². The topological polar surface area (TPSA) is 107 Å². The maximum atomic E-state index is 13.1. The predicted molar refractivity (Wildman–Crippen MR) is 115 cm³/mol. The highest BCUT2D eigenvalue weighted by molar-refractivity contribution is 5.85. The average Bonchev–Trinajstić information content (AvgIpc) is 2.79. The van der Waals surface area contributed by atoms with Crippen LogP contribution in [0.3, 0.4) is 0 Å². The average molecular weight is 433 g/mol. The van der Waals surface area contributed by atoms with Gasteiger partial charge in [-0.25, -0.2) is 0 Å². The van der Waals surface area contributed by atoms with Crippen LogP contribution in [-0.2, 0) is 19.1 Å². The minimum absolute atomic E-state index is 0.132. The van der Waals surface area contributed by atoms with Crippen LogP contribution >= 0.6 is 0 Å². The van der Waals surface area contributed by atoms with Crippen molar-refractivity contribution >= 4 is 11.9 Å². The summed E-state index contributed by atoms with van der Waals surface area (Å²) >= 11 is 0. The Hall–Kier alpha value is -2.16. The normalized spacial score (nSPS) is 21.7. The van der Waals surface area contributed by atoms with Gasteiger partial charge in [0.2, 0.25) is 0 Å². The van der Waals surface area contributed by atoms with Gasteiger partial charge < -0.3 is 19.3 Å². The van der Waals surface area contributed by atoms with E-state index in [2.05, 4.69) is 21.9 Å². The fourth-order valence-electron chi connectivity index (χ4n) is 4.68. The highest BCUT2D eigenvalue weighted by Crippen LogP contribution is 2.39. The van der Waals surface area contributed by atoms with E-state index >= 15 is 0 Å². The quantitative estimate of drug-likeness (QED) is 0.485. The summed E-state index contributed by atoms with van der Waals surface area (Å²) in [7, 11) is 0. The second-order valence-electron chi connectivity index (χ2n) is 8.68. The first-order valence-corrected chi connectivity index (χ1v) is 11.6. The van der Waals surface area contributed by atoms with Crippen LogP contribution in [0.1, 0.15) is 58.8 Å². The summed E-state index contributed by atoms with van der Waals surface area (Å²) in [5.74, 6) is -1.32. The minimum Gasteiger partial charge on any atom is -0.465 e. The summed E-state index contributed by atoms with van der Waals surface area (Å²) in [6.07, 6.45) is 6.01. The number of carbonyl (C=O) groups excluding carboxylic acids is 2. The van der Waals surface area contributed by atoms with Crippen LogP contribution in [-0.4, -0.2) is 74.2 Å². The van der Waals surface area contributed by atoms with E-state index in [0.29, 0.717) is 0 Å². The third-order valence-electron chi connectivity index (χ3n) is 6.25. The van der Waals surface area contributed by atoms with Gasteiger partial charge in [0.25, 0.3) is 0 Å². The van der Waals surface area contributed by atoms with Gasteiger partial charge in [-0.1, -0.05) is 12.8 Å². The maximum absolute atomic E-state index is 13.1. The fourth-order valence-corrected chi connectivity index (χ4v) is 4.68. The van der Waals surface area contributed by atoms with E-state index in [1.54, 1.807) is 13.8 Å². The Labute approximate surface area is 186 Å². The second kappa shape index (κ2) is 12.0. The van der Waals surface area contributed by atoms with Crippen LogP contribution in [0, 0.1) is 33.5 Å². The molecular formula is C23H36N4O4. The molecule has 0 aromatic carbocycles. The lowest BCUT2D eigenvalue weighted by molar-refractivity contribution is -0.161. The van der Waals surface area contributed by atoms with Crippen molar-refractivity contribution in [2.45, 2.75) is 58.8 Å². The first-order chi connectivity index (χ1) is 14.9. The van der Waals surface area contributed by atoms with Gasteiger partial charge in [-0.15, -0.1) is 0 Å². The molecule has 2 saturated heterocycles. The molecule has 2 rings (SSSR count). The number of ether oxygens (including phenoxy) is 2. The predicted octanol–water partition coefficient (Wildman–Crippen LogP) is 2.49. The summed E-state index contributed by atoms with van der Waals surface area (Å²) in [5, 5.41) is 20.5. The third kappa shape index (κ3) is 6.41. The molecule has 2 aliphatic rings.